The monoisotopic (exact) mass is 465 g/mol. The third kappa shape index (κ3) is 4.63. The molecule has 1 aliphatic heterocycles. The van der Waals surface area contributed by atoms with E-state index >= 15 is 0 Å². The van der Waals surface area contributed by atoms with Crippen molar-refractivity contribution in [1.29, 1.82) is 0 Å². The summed E-state index contributed by atoms with van der Waals surface area (Å²) in [7, 11) is 0. The summed E-state index contributed by atoms with van der Waals surface area (Å²) in [6.45, 7) is 1.10. The number of carbonyl (C=O) groups is 1. The van der Waals surface area contributed by atoms with Crippen molar-refractivity contribution in [1.82, 2.24) is 14.5 Å². The van der Waals surface area contributed by atoms with Gasteiger partial charge in [-0.15, -0.1) is 11.3 Å². The molecule has 1 aromatic carbocycles. The van der Waals surface area contributed by atoms with Crippen LogP contribution in [0.5, 0.6) is 0 Å². The minimum Gasteiger partial charge on any atom is -0.363 e. The van der Waals surface area contributed by atoms with E-state index in [4.69, 9.17) is 0 Å². The lowest BCUT2D eigenvalue weighted by Crippen LogP contribution is -2.22. The third-order valence-corrected chi connectivity index (χ3v) is 6.44. The molecule has 0 radical (unpaired) electrons. The molecule has 1 atom stereocenters. The largest absolute Gasteiger partial charge is 0.363 e. The van der Waals surface area contributed by atoms with E-state index in [2.05, 4.69) is 32.3 Å². The number of nitrogens with zero attached hydrogens (tertiary/aromatic N) is 4. The Kier molecular flexibility index (Phi) is 5.87. The molecule has 0 spiro atoms. The molecule has 168 valence electrons. The van der Waals surface area contributed by atoms with Crippen LogP contribution in [0.1, 0.15) is 40.6 Å². The minimum absolute atomic E-state index is 0.133. The van der Waals surface area contributed by atoms with E-state index in [0.717, 1.165) is 36.8 Å². The second-order valence-electron chi connectivity index (χ2n) is 7.88. The second kappa shape index (κ2) is 9.11. The third-order valence-electron chi connectivity index (χ3n) is 5.66. The summed E-state index contributed by atoms with van der Waals surface area (Å²) in [6.07, 6.45) is 4.61. The van der Waals surface area contributed by atoms with Gasteiger partial charge in [-0.1, -0.05) is 18.2 Å². The van der Waals surface area contributed by atoms with E-state index in [1.54, 1.807) is 6.07 Å². The maximum Gasteiger partial charge on any atom is 0.274 e. The highest BCUT2D eigenvalue weighted by atomic mass is 32.1. The van der Waals surface area contributed by atoms with E-state index in [9.17, 15) is 13.6 Å². The predicted molar refractivity (Wildman–Crippen MR) is 124 cm³/mol. The summed E-state index contributed by atoms with van der Waals surface area (Å²) < 4.78 is 28.8. The van der Waals surface area contributed by atoms with E-state index < -0.39 is 17.7 Å². The van der Waals surface area contributed by atoms with Crippen molar-refractivity contribution in [3.05, 3.63) is 95.0 Å². The maximum atomic E-state index is 14.0. The molecule has 1 saturated heterocycles. The number of benzene rings is 1. The minimum atomic E-state index is -0.627. The number of hydrogen-bond donors (Lipinski definition) is 1. The normalized spacial score (nSPS) is 15.7. The number of para-hydroxylation sites is 1. The van der Waals surface area contributed by atoms with Crippen molar-refractivity contribution in [3.8, 4) is 0 Å². The smallest absolute Gasteiger partial charge is 0.274 e. The van der Waals surface area contributed by atoms with Crippen molar-refractivity contribution >= 4 is 28.1 Å². The van der Waals surface area contributed by atoms with Gasteiger partial charge in [0.1, 0.15) is 11.5 Å². The van der Waals surface area contributed by atoms with Gasteiger partial charge in [-0.3, -0.25) is 10.1 Å². The quantitative estimate of drug-likeness (QED) is 0.395. The zero-order valence-electron chi connectivity index (χ0n) is 17.6. The molecule has 1 amide bonds. The van der Waals surface area contributed by atoms with Crippen LogP contribution in [0.2, 0.25) is 0 Å². The lowest BCUT2D eigenvalue weighted by molar-refractivity contribution is 0.101. The lowest BCUT2D eigenvalue weighted by atomic mass is 10.1. The fraction of sp³-hybridized carbons (Fsp3) is 0.208. The summed E-state index contributed by atoms with van der Waals surface area (Å²) >= 11 is 1.34. The van der Waals surface area contributed by atoms with Crippen LogP contribution in [0.15, 0.2) is 66.3 Å². The van der Waals surface area contributed by atoms with E-state index in [1.807, 2.05) is 23.6 Å². The van der Waals surface area contributed by atoms with Crippen LogP contribution in [0, 0.1) is 11.8 Å². The summed E-state index contributed by atoms with van der Waals surface area (Å²) in [4.78, 5) is 23.4. The van der Waals surface area contributed by atoms with Crippen molar-refractivity contribution < 1.29 is 13.6 Å². The average Bonchev–Trinajstić information content (AvgIpc) is 3.54. The molecule has 4 heterocycles. The van der Waals surface area contributed by atoms with Crippen LogP contribution >= 0.6 is 11.3 Å². The van der Waals surface area contributed by atoms with E-state index in [-0.39, 0.29) is 18.3 Å². The number of hydrogen-bond acceptors (Lipinski definition) is 5. The Morgan fingerprint density at radius 3 is 2.85 bits per heavy atom. The predicted octanol–water partition coefficient (Wildman–Crippen LogP) is 5.26. The number of aromatic nitrogens is 3. The van der Waals surface area contributed by atoms with Crippen molar-refractivity contribution in [2.45, 2.75) is 25.4 Å². The van der Waals surface area contributed by atoms with Gasteiger partial charge in [0.15, 0.2) is 5.13 Å². The maximum absolute atomic E-state index is 14.0. The van der Waals surface area contributed by atoms with Crippen molar-refractivity contribution in [2.24, 2.45) is 0 Å². The zero-order valence-corrected chi connectivity index (χ0v) is 18.4. The average molecular weight is 466 g/mol. The first-order valence-corrected chi connectivity index (χ1v) is 11.5. The molecule has 5 rings (SSSR count). The summed E-state index contributed by atoms with van der Waals surface area (Å²) in [5.74, 6) is -1.64. The number of amides is 1. The molecule has 0 bridgehead atoms. The van der Waals surface area contributed by atoms with Crippen molar-refractivity contribution in [3.63, 3.8) is 0 Å². The SMILES string of the molecule is O=C(Nc1nc(C2CCCN2c2ccccc2)cs1)c1cc(F)cn1Cc1ccnc(F)c1. The molecule has 1 N–H and O–H groups in total. The first-order chi connectivity index (χ1) is 16.1. The molecule has 0 aliphatic carbocycles. The van der Waals surface area contributed by atoms with Gasteiger partial charge in [-0.2, -0.15) is 4.39 Å². The van der Waals surface area contributed by atoms with Crippen LogP contribution in [-0.4, -0.2) is 27.0 Å². The number of anilines is 2. The van der Waals surface area contributed by atoms with Gasteiger partial charge in [0, 0.05) is 42.6 Å². The number of thiazole rings is 1. The lowest BCUT2D eigenvalue weighted by Gasteiger charge is -2.25. The summed E-state index contributed by atoms with van der Waals surface area (Å²) in [5.41, 5.74) is 2.77. The Morgan fingerprint density at radius 1 is 1.18 bits per heavy atom. The van der Waals surface area contributed by atoms with Crippen LogP contribution in [0.25, 0.3) is 0 Å². The summed E-state index contributed by atoms with van der Waals surface area (Å²) in [5, 5.41) is 5.20. The molecule has 33 heavy (non-hydrogen) atoms. The molecule has 1 fully saturated rings. The highest BCUT2D eigenvalue weighted by Gasteiger charge is 2.28. The van der Waals surface area contributed by atoms with Crippen LogP contribution < -0.4 is 10.2 Å². The molecule has 6 nitrogen and oxygen atoms in total. The zero-order chi connectivity index (χ0) is 22.8. The molecule has 1 unspecified atom stereocenters. The van der Waals surface area contributed by atoms with Gasteiger partial charge < -0.3 is 9.47 Å². The Balaban J connectivity index is 1.32. The fourth-order valence-corrected chi connectivity index (χ4v) is 4.95. The van der Waals surface area contributed by atoms with E-state index in [1.165, 1.54) is 34.4 Å². The first kappa shape index (κ1) is 21.3. The Labute approximate surface area is 193 Å². The molecule has 1 aliphatic rings. The van der Waals surface area contributed by atoms with Gasteiger partial charge >= 0.3 is 0 Å². The van der Waals surface area contributed by atoms with E-state index in [0.29, 0.717) is 10.7 Å². The van der Waals surface area contributed by atoms with Gasteiger partial charge in [0.05, 0.1) is 11.7 Å². The highest BCUT2D eigenvalue weighted by Crippen LogP contribution is 2.37. The number of carbonyl (C=O) groups excluding carboxylic acids is 1. The van der Waals surface area contributed by atoms with Crippen LogP contribution in [0.3, 0.4) is 0 Å². The summed E-state index contributed by atoms with van der Waals surface area (Å²) in [6, 6.07) is 14.4. The first-order valence-electron chi connectivity index (χ1n) is 10.6. The fourth-order valence-electron chi connectivity index (χ4n) is 4.19. The molecule has 0 saturated carbocycles. The number of rotatable bonds is 6. The number of nitrogens with one attached hydrogen (secondary N) is 1. The molecular formula is C24H21F2N5OS. The number of halogens is 2. The van der Waals surface area contributed by atoms with Crippen LogP contribution in [0.4, 0.5) is 19.6 Å². The Bertz CT molecular complexity index is 1270. The second-order valence-corrected chi connectivity index (χ2v) is 8.73. The van der Waals surface area contributed by atoms with Gasteiger partial charge in [-0.05, 0) is 42.7 Å². The van der Waals surface area contributed by atoms with Crippen molar-refractivity contribution in [2.75, 3.05) is 16.8 Å². The standard InChI is InChI=1S/C24H21F2N5OS/c25-17-12-21(30(14-17)13-16-8-9-27-22(26)11-16)23(32)29-24-28-19(15-33-24)20-7-4-10-31(20)18-5-2-1-3-6-18/h1-3,5-6,8-9,11-12,14-15,20H,4,7,10,13H2,(H,28,29,32). The Hall–Kier alpha value is -3.59. The van der Waals surface area contributed by atoms with Gasteiger partial charge in [0.25, 0.3) is 5.91 Å². The topological polar surface area (TPSA) is 63.1 Å². The number of pyridine rings is 1. The molecular weight excluding hydrogens is 444 g/mol. The van der Waals surface area contributed by atoms with Gasteiger partial charge in [0.2, 0.25) is 5.95 Å². The Morgan fingerprint density at radius 2 is 2.03 bits per heavy atom. The van der Waals surface area contributed by atoms with Crippen LogP contribution in [-0.2, 0) is 6.54 Å². The molecule has 9 heteroatoms. The van der Waals surface area contributed by atoms with Gasteiger partial charge in [-0.25, -0.2) is 14.4 Å². The molecule has 3 aromatic heterocycles. The highest BCUT2D eigenvalue weighted by molar-refractivity contribution is 7.14. The molecule has 4 aromatic rings.